The number of aliphatic imine (C=N–C) groups is 1. The van der Waals surface area contributed by atoms with Crippen molar-refractivity contribution in [3.05, 3.63) is 24.3 Å². The van der Waals surface area contributed by atoms with Crippen molar-refractivity contribution >= 4 is 23.6 Å². The maximum Gasteiger partial charge on any atom is 0.328 e. The summed E-state index contributed by atoms with van der Waals surface area (Å²) in [4.78, 5) is 40.1. The van der Waals surface area contributed by atoms with Crippen LogP contribution in [0.3, 0.4) is 0 Å². The van der Waals surface area contributed by atoms with E-state index in [1.807, 2.05) is 12.1 Å². The SMILES string of the molecule is CCCCCN1C(N2CCN(c3ccc(OC)cc3)CC2)=NC2C1C(=O)N(C)C(=O)N2C. The molecule has 0 radical (unpaired) electrons. The minimum absolute atomic E-state index is 0.162. The van der Waals surface area contributed by atoms with Crippen molar-refractivity contribution in [2.45, 2.75) is 38.4 Å². The predicted molar refractivity (Wildman–Crippen MR) is 124 cm³/mol. The Morgan fingerprint density at radius 1 is 1.00 bits per heavy atom. The number of benzene rings is 1. The number of urea groups is 1. The van der Waals surface area contributed by atoms with E-state index in [0.717, 1.165) is 63.7 Å². The average Bonchev–Trinajstić information content (AvgIpc) is 3.21. The van der Waals surface area contributed by atoms with Crippen molar-refractivity contribution in [3.8, 4) is 5.75 Å². The molecule has 3 amide bonds. The number of guanidine groups is 1. The van der Waals surface area contributed by atoms with Gasteiger partial charge in [0.2, 0.25) is 0 Å². The Bertz CT molecular complexity index is 865. The van der Waals surface area contributed by atoms with Crippen molar-refractivity contribution < 1.29 is 14.3 Å². The van der Waals surface area contributed by atoms with E-state index in [2.05, 4.69) is 33.8 Å². The number of carbonyl (C=O) groups excluding carboxylic acids is 2. The van der Waals surface area contributed by atoms with Crippen LogP contribution >= 0.6 is 0 Å². The maximum atomic E-state index is 13.0. The molecule has 0 bridgehead atoms. The average molecular weight is 443 g/mol. The lowest BCUT2D eigenvalue weighted by atomic mass is 10.1. The van der Waals surface area contributed by atoms with Crippen LogP contribution in [0.4, 0.5) is 10.5 Å². The van der Waals surface area contributed by atoms with Gasteiger partial charge in [-0.25, -0.2) is 9.79 Å². The number of fused-ring (bicyclic) bond motifs is 1. The summed E-state index contributed by atoms with van der Waals surface area (Å²) < 4.78 is 5.27. The number of carbonyl (C=O) groups is 2. The minimum atomic E-state index is -0.456. The summed E-state index contributed by atoms with van der Waals surface area (Å²) in [5.41, 5.74) is 1.18. The first-order valence-electron chi connectivity index (χ1n) is 11.5. The zero-order chi connectivity index (χ0) is 22.8. The second-order valence-corrected chi connectivity index (χ2v) is 8.65. The van der Waals surface area contributed by atoms with E-state index in [9.17, 15) is 9.59 Å². The van der Waals surface area contributed by atoms with Crippen molar-refractivity contribution in [2.24, 2.45) is 4.99 Å². The van der Waals surface area contributed by atoms with E-state index in [4.69, 9.17) is 9.73 Å². The van der Waals surface area contributed by atoms with E-state index < -0.39 is 12.2 Å². The molecule has 3 aliphatic rings. The molecule has 0 spiro atoms. The van der Waals surface area contributed by atoms with Crippen LogP contribution in [-0.2, 0) is 4.79 Å². The first kappa shape index (κ1) is 22.2. The highest BCUT2D eigenvalue weighted by Crippen LogP contribution is 2.29. The fourth-order valence-electron chi connectivity index (χ4n) is 4.74. The van der Waals surface area contributed by atoms with Gasteiger partial charge in [-0.1, -0.05) is 19.8 Å². The van der Waals surface area contributed by atoms with Gasteiger partial charge in [0.1, 0.15) is 5.75 Å². The molecule has 32 heavy (non-hydrogen) atoms. The van der Waals surface area contributed by atoms with Crippen LogP contribution in [0.1, 0.15) is 26.2 Å². The fraction of sp³-hybridized carbons (Fsp3) is 0.609. The summed E-state index contributed by atoms with van der Waals surface area (Å²) >= 11 is 0. The Kier molecular flexibility index (Phi) is 6.43. The van der Waals surface area contributed by atoms with Gasteiger partial charge in [0.25, 0.3) is 5.91 Å². The van der Waals surface area contributed by atoms with Crippen LogP contribution in [-0.4, -0.2) is 104 Å². The van der Waals surface area contributed by atoms with Crippen molar-refractivity contribution in [1.29, 1.82) is 0 Å². The number of ether oxygens (including phenoxy) is 1. The summed E-state index contributed by atoms with van der Waals surface area (Å²) in [6, 6.07) is 7.41. The number of anilines is 1. The number of unbranched alkanes of at least 4 members (excludes halogenated alkanes) is 2. The Hall–Kier alpha value is -2.97. The van der Waals surface area contributed by atoms with Crippen molar-refractivity contribution in [3.63, 3.8) is 0 Å². The third-order valence-electron chi connectivity index (χ3n) is 6.69. The van der Waals surface area contributed by atoms with Gasteiger partial charge >= 0.3 is 6.03 Å². The molecule has 174 valence electrons. The third-order valence-corrected chi connectivity index (χ3v) is 6.69. The lowest BCUT2D eigenvalue weighted by molar-refractivity contribution is -0.136. The highest BCUT2D eigenvalue weighted by molar-refractivity contribution is 6.03. The number of rotatable bonds is 6. The molecule has 9 heteroatoms. The van der Waals surface area contributed by atoms with Crippen LogP contribution in [0.25, 0.3) is 0 Å². The largest absolute Gasteiger partial charge is 0.497 e. The monoisotopic (exact) mass is 442 g/mol. The molecule has 3 heterocycles. The van der Waals surface area contributed by atoms with Gasteiger partial charge in [-0.3, -0.25) is 9.69 Å². The van der Waals surface area contributed by atoms with Gasteiger partial charge in [-0.2, -0.15) is 0 Å². The molecular formula is C23H34N6O3. The molecule has 3 aliphatic heterocycles. The van der Waals surface area contributed by atoms with Gasteiger partial charge < -0.3 is 24.3 Å². The lowest BCUT2D eigenvalue weighted by Gasteiger charge is -2.42. The minimum Gasteiger partial charge on any atom is -0.497 e. The van der Waals surface area contributed by atoms with Crippen molar-refractivity contribution in [2.75, 3.05) is 58.8 Å². The molecule has 4 rings (SSSR count). The van der Waals surface area contributed by atoms with Crippen LogP contribution in [0.2, 0.25) is 0 Å². The Balaban J connectivity index is 1.50. The normalized spacial score (nSPS) is 23.6. The van der Waals surface area contributed by atoms with Gasteiger partial charge in [-0.15, -0.1) is 0 Å². The van der Waals surface area contributed by atoms with Gasteiger partial charge in [0.05, 0.1) is 7.11 Å². The van der Waals surface area contributed by atoms with E-state index in [-0.39, 0.29) is 11.9 Å². The van der Waals surface area contributed by atoms with Crippen LogP contribution in [0.5, 0.6) is 5.75 Å². The molecule has 9 nitrogen and oxygen atoms in total. The topological polar surface area (TPSA) is 71.9 Å². The number of piperazine rings is 1. The van der Waals surface area contributed by atoms with Crippen LogP contribution in [0.15, 0.2) is 29.3 Å². The smallest absolute Gasteiger partial charge is 0.328 e. The van der Waals surface area contributed by atoms with Gasteiger partial charge in [0.15, 0.2) is 18.2 Å². The molecule has 0 N–H and O–H groups in total. The molecule has 1 aromatic rings. The molecule has 2 unspecified atom stereocenters. The number of imide groups is 1. The van der Waals surface area contributed by atoms with Gasteiger partial charge in [-0.05, 0) is 30.7 Å². The number of nitrogens with zero attached hydrogens (tertiary/aromatic N) is 6. The zero-order valence-corrected chi connectivity index (χ0v) is 19.5. The first-order chi connectivity index (χ1) is 15.5. The number of hydrogen-bond donors (Lipinski definition) is 0. The first-order valence-corrected chi connectivity index (χ1v) is 11.5. The maximum absolute atomic E-state index is 13.0. The van der Waals surface area contributed by atoms with E-state index in [1.165, 1.54) is 10.6 Å². The summed E-state index contributed by atoms with van der Waals surface area (Å²) in [6.45, 7) is 6.31. The van der Waals surface area contributed by atoms with E-state index in [1.54, 1.807) is 26.1 Å². The summed E-state index contributed by atoms with van der Waals surface area (Å²) in [5.74, 6) is 1.55. The second-order valence-electron chi connectivity index (χ2n) is 8.65. The highest BCUT2D eigenvalue weighted by Gasteiger charge is 2.51. The summed E-state index contributed by atoms with van der Waals surface area (Å²) in [6.07, 6.45) is 2.76. The zero-order valence-electron chi connectivity index (χ0n) is 19.5. The van der Waals surface area contributed by atoms with Crippen molar-refractivity contribution in [1.82, 2.24) is 19.6 Å². The molecular weight excluding hydrogens is 408 g/mol. The number of hydrogen-bond acceptors (Lipinski definition) is 7. The highest BCUT2D eigenvalue weighted by atomic mass is 16.5. The van der Waals surface area contributed by atoms with Crippen LogP contribution in [0, 0.1) is 0 Å². The number of methoxy groups -OCH3 is 1. The standard InChI is InChI=1S/C23H34N6O3/c1-5-6-7-12-29-19-20(25(2)23(31)26(3)21(19)30)24-22(29)28-15-13-27(14-16-28)17-8-10-18(32-4)11-9-17/h8-11,19-20H,5-7,12-16H2,1-4H3. The molecule has 0 saturated carbocycles. The van der Waals surface area contributed by atoms with Gasteiger partial charge in [0, 0.05) is 52.5 Å². The third kappa shape index (κ3) is 3.96. The Labute approximate surface area is 190 Å². The van der Waals surface area contributed by atoms with E-state index >= 15 is 0 Å². The van der Waals surface area contributed by atoms with Crippen LogP contribution < -0.4 is 9.64 Å². The summed E-state index contributed by atoms with van der Waals surface area (Å²) in [5, 5.41) is 0. The lowest BCUT2D eigenvalue weighted by Crippen LogP contribution is -2.65. The number of amides is 3. The van der Waals surface area contributed by atoms with E-state index in [0.29, 0.717) is 0 Å². The molecule has 2 saturated heterocycles. The molecule has 2 fully saturated rings. The molecule has 2 atom stereocenters. The molecule has 0 aromatic heterocycles. The second kappa shape index (κ2) is 9.26. The quantitative estimate of drug-likeness (QED) is 0.627. The molecule has 0 aliphatic carbocycles. The Morgan fingerprint density at radius 2 is 1.66 bits per heavy atom. The number of likely N-dealkylation sites (N-methyl/N-ethyl adjacent to an activating group) is 2. The Morgan fingerprint density at radius 3 is 2.28 bits per heavy atom. The predicted octanol–water partition coefficient (Wildman–Crippen LogP) is 1.90. The fourth-order valence-corrected chi connectivity index (χ4v) is 4.74. The summed E-state index contributed by atoms with van der Waals surface area (Å²) in [7, 11) is 4.97. The molecule has 1 aromatic carbocycles.